The maximum Gasteiger partial charge on any atom is 0.407 e. The van der Waals surface area contributed by atoms with E-state index in [0.717, 1.165) is 25.8 Å². The molecule has 0 unspecified atom stereocenters. The summed E-state index contributed by atoms with van der Waals surface area (Å²) in [4.78, 5) is 34.2. The monoisotopic (exact) mass is 334 g/mol. The summed E-state index contributed by atoms with van der Waals surface area (Å²) >= 11 is 0. The van der Waals surface area contributed by atoms with Crippen LogP contribution >= 0.6 is 0 Å². The van der Waals surface area contributed by atoms with Crippen LogP contribution in [0.3, 0.4) is 0 Å². The van der Waals surface area contributed by atoms with Gasteiger partial charge in [-0.2, -0.15) is 0 Å². The van der Waals surface area contributed by atoms with E-state index in [1.54, 1.807) is 6.20 Å². The molecule has 1 N–H and O–H groups in total. The predicted octanol–water partition coefficient (Wildman–Crippen LogP) is 2.04. The number of nitrogens with one attached hydrogen (secondary N) is 1. The first-order valence-electron chi connectivity index (χ1n) is 8.35. The molecule has 2 heterocycles. The average Bonchev–Trinajstić information content (AvgIpc) is 2.53. The van der Waals surface area contributed by atoms with Gasteiger partial charge in [-0.1, -0.05) is 6.42 Å². The summed E-state index contributed by atoms with van der Waals surface area (Å²) in [5.41, 5.74) is -0.139. The van der Waals surface area contributed by atoms with E-state index in [2.05, 4.69) is 20.2 Å². The molecule has 0 saturated carbocycles. The molecule has 24 heavy (non-hydrogen) atoms. The molecule has 1 atom stereocenters. The summed E-state index contributed by atoms with van der Waals surface area (Å²) in [6.07, 6.45) is 7.22. The lowest BCUT2D eigenvalue weighted by molar-refractivity contribution is 0.0495. The summed E-state index contributed by atoms with van der Waals surface area (Å²) in [5, 5.41) is 2.81. The SMILES string of the molecule is CC(C)(C)OC(=O)NC[C@@H]1CCCCN1CC(=O)c1cnccn1. The third-order valence-corrected chi connectivity index (χ3v) is 3.83. The van der Waals surface area contributed by atoms with Crippen molar-refractivity contribution < 1.29 is 14.3 Å². The molecule has 7 heteroatoms. The lowest BCUT2D eigenvalue weighted by atomic mass is 10.0. The largest absolute Gasteiger partial charge is 0.444 e. The Morgan fingerprint density at radius 1 is 1.33 bits per heavy atom. The van der Waals surface area contributed by atoms with Gasteiger partial charge in [0.2, 0.25) is 0 Å². The fourth-order valence-electron chi connectivity index (χ4n) is 2.72. The van der Waals surface area contributed by atoms with Gasteiger partial charge in [0.15, 0.2) is 5.78 Å². The number of amides is 1. The Morgan fingerprint density at radius 2 is 2.12 bits per heavy atom. The van der Waals surface area contributed by atoms with Crippen LogP contribution in [0.15, 0.2) is 18.6 Å². The van der Waals surface area contributed by atoms with Gasteiger partial charge in [0.05, 0.1) is 12.7 Å². The molecule has 1 aliphatic rings. The molecule has 132 valence electrons. The molecule has 0 aliphatic carbocycles. The van der Waals surface area contributed by atoms with Gasteiger partial charge in [-0.25, -0.2) is 9.78 Å². The number of aromatic nitrogens is 2. The lowest BCUT2D eigenvalue weighted by Crippen LogP contribution is -2.49. The van der Waals surface area contributed by atoms with E-state index < -0.39 is 11.7 Å². The minimum Gasteiger partial charge on any atom is -0.444 e. The van der Waals surface area contributed by atoms with E-state index in [1.165, 1.54) is 12.4 Å². The van der Waals surface area contributed by atoms with Gasteiger partial charge in [0.1, 0.15) is 11.3 Å². The number of nitrogens with zero attached hydrogens (tertiary/aromatic N) is 3. The van der Waals surface area contributed by atoms with Gasteiger partial charge in [-0.3, -0.25) is 14.7 Å². The minimum absolute atomic E-state index is 0.0488. The lowest BCUT2D eigenvalue weighted by Gasteiger charge is -2.35. The molecule has 0 radical (unpaired) electrons. The van der Waals surface area contributed by atoms with Crippen LogP contribution < -0.4 is 5.32 Å². The molecule has 1 saturated heterocycles. The third-order valence-electron chi connectivity index (χ3n) is 3.83. The van der Waals surface area contributed by atoms with E-state index in [0.29, 0.717) is 18.8 Å². The average molecular weight is 334 g/mol. The Hall–Kier alpha value is -2.02. The molecule has 0 aromatic carbocycles. The van der Waals surface area contributed by atoms with Crippen LogP contribution in [0.2, 0.25) is 0 Å². The topological polar surface area (TPSA) is 84.4 Å². The number of hydrogen-bond acceptors (Lipinski definition) is 6. The number of likely N-dealkylation sites (tertiary alicyclic amines) is 1. The Balaban J connectivity index is 1.88. The summed E-state index contributed by atoms with van der Waals surface area (Å²) in [6, 6.07) is 0.131. The molecular formula is C17H26N4O3. The van der Waals surface area contributed by atoms with E-state index >= 15 is 0 Å². The third kappa shape index (κ3) is 5.88. The van der Waals surface area contributed by atoms with E-state index in [9.17, 15) is 9.59 Å². The standard InChI is InChI=1S/C17H26N4O3/c1-17(2,3)24-16(23)20-10-13-6-4-5-9-21(13)12-15(22)14-11-18-7-8-19-14/h7-8,11,13H,4-6,9-10,12H2,1-3H3,(H,20,23)/t13-/m0/s1. The highest BCUT2D eigenvalue weighted by molar-refractivity contribution is 5.95. The Bertz CT molecular complexity index is 557. The predicted molar refractivity (Wildman–Crippen MR) is 89.8 cm³/mol. The van der Waals surface area contributed by atoms with Crippen molar-refractivity contribution in [3.8, 4) is 0 Å². The number of ketones is 1. The van der Waals surface area contributed by atoms with Crippen LogP contribution in [0.5, 0.6) is 0 Å². The summed E-state index contributed by atoms with van der Waals surface area (Å²) in [7, 11) is 0. The van der Waals surface area contributed by atoms with Crippen molar-refractivity contribution in [1.82, 2.24) is 20.2 Å². The summed E-state index contributed by atoms with van der Waals surface area (Å²) in [6.45, 7) is 7.10. The van der Waals surface area contributed by atoms with Crippen molar-refractivity contribution in [1.29, 1.82) is 0 Å². The Morgan fingerprint density at radius 3 is 2.79 bits per heavy atom. The molecule has 1 fully saturated rings. The molecule has 1 aromatic rings. The molecule has 0 spiro atoms. The Labute approximate surface area is 142 Å². The number of rotatable bonds is 5. The van der Waals surface area contributed by atoms with Crippen molar-refractivity contribution in [3.05, 3.63) is 24.3 Å². The maximum absolute atomic E-state index is 12.3. The molecule has 7 nitrogen and oxygen atoms in total. The van der Waals surface area contributed by atoms with Gasteiger partial charge in [0.25, 0.3) is 0 Å². The van der Waals surface area contributed by atoms with Crippen molar-refractivity contribution in [2.45, 2.75) is 51.7 Å². The van der Waals surface area contributed by atoms with Crippen LogP contribution in [0, 0.1) is 0 Å². The van der Waals surface area contributed by atoms with Crippen molar-refractivity contribution in [2.75, 3.05) is 19.6 Å². The molecule has 1 amide bonds. The van der Waals surface area contributed by atoms with Gasteiger partial charge >= 0.3 is 6.09 Å². The minimum atomic E-state index is -0.516. The molecular weight excluding hydrogens is 308 g/mol. The summed E-state index contributed by atoms with van der Waals surface area (Å²) in [5.74, 6) is -0.0488. The van der Waals surface area contributed by atoms with Crippen LogP contribution in [0.25, 0.3) is 0 Å². The number of ether oxygens (including phenoxy) is 1. The van der Waals surface area contributed by atoms with Crippen LogP contribution in [-0.2, 0) is 4.74 Å². The number of hydrogen-bond donors (Lipinski definition) is 1. The van der Waals surface area contributed by atoms with Gasteiger partial charge in [0, 0.05) is 25.0 Å². The fourth-order valence-corrected chi connectivity index (χ4v) is 2.72. The number of Topliss-reactive ketones (excluding diaryl/α,β-unsaturated/α-hetero) is 1. The first kappa shape index (κ1) is 18.3. The van der Waals surface area contributed by atoms with E-state index in [4.69, 9.17) is 4.74 Å². The number of piperidine rings is 1. The number of carbonyl (C=O) groups excluding carboxylic acids is 2. The zero-order chi connectivity index (χ0) is 17.6. The number of alkyl carbamates (subject to hydrolysis) is 1. The summed E-state index contributed by atoms with van der Waals surface area (Å²) < 4.78 is 5.26. The van der Waals surface area contributed by atoms with Crippen molar-refractivity contribution in [3.63, 3.8) is 0 Å². The van der Waals surface area contributed by atoms with Crippen LogP contribution in [0.4, 0.5) is 4.79 Å². The van der Waals surface area contributed by atoms with E-state index in [-0.39, 0.29) is 11.8 Å². The quantitative estimate of drug-likeness (QED) is 0.830. The Kier molecular flexibility index (Phi) is 6.25. The normalized spacial score (nSPS) is 18.9. The molecule has 0 bridgehead atoms. The van der Waals surface area contributed by atoms with Crippen molar-refractivity contribution >= 4 is 11.9 Å². The molecule has 2 rings (SSSR count). The first-order valence-corrected chi connectivity index (χ1v) is 8.35. The van der Waals surface area contributed by atoms with Gasteiger partial charge in [-0.15, -0.1) is 0 Å². The second-order valence-corrected chi connectivity index (χ2v) is 7.02. The first-order chi connectivity index (χ1) is 11.3. The fraction of sp³-hybridized carbons (Fsp3) is 0.647. The van der Waals surface area contributed by atoms with Crippen LogP contribution in [-0.4, -0.2) is 58.0 Å². The number of carbonyl (C=O) groups is 2. The molecule has 1 aliphatic heterocycles. The van der Waals surface area contributed by atoms with Gasteiger partial charge in [-0.05, 0) is 40.2 Å². The highest BCUT2D eigenvalue weighted by Crippen LogP contribution is 2.17. The van der Waals surface area contributed by atoms with Crippen molar-refractivity contribution in [2.24, 2.45) is 0 Å². The zero-order valence-corrected chi connectivity index (χ0v) is 14.6. The van der Waals surface area contributed by atoms with E-state index in [1.807, 2.05) is 20.8 Å². The van der Waals surface area contributed by atoms with Gasteiger partial charge < -0.3 is 10.1 Å². The molecule has 1 aromatic heterocycles. The smallest absolute Gasteiger partial charge is 0.407 e. The highest BCUT2D eigenvalue weighted by Gasteiger charge is 2.26. The second kappa shape index (κ2) is 8.19. The zero-order valence-electron chi connectivity index (χ0n) is 14.6. The second-order valence-electron chi connectivity index (χ2n) is 7.02. The maximum atomic E-state index is 12.3. The highest BCUT2D eigenvalue weighted by atomic mass is 16.6. The van der Waals surface area contributed by atoms with Crippen LogP contribution in [0.1, 0.15) is 50.5 Å².